The van der Waals surface area contributed by atoms with Crippen LogP contribution in [0, 0.1) is 13.8 Å². The van der Waals surface area contributed by atoms with E-state index in [0.717, 1.165) is 18.8 Å². The summed E-state index contributed by atoms with van der Waals surface area (Å²) in [7, 11) is 0. The van der Waals surface area contributed by atoms with E-state index in [1.54, 1.807) is 0 Å². The standard InChI is InChI=1S/C16H21N3/c1-4-19-12(3)16(11(2)18-19)14-7-8-15-13(10-14)6-5-9-17-15/h7-8,10,17H,4-6,9H2,1-3H3. The minimum atomic E-state index is 0.930. The second-order valence-electron chi connectivity index (χ2n) is 5.26. The van der Waals surface area contributed by atoms with E-state index in [2.05, 4.69) is 54.1 Å². The molecule has 1 aliphatic heterocycles. The molecular weight excluding hydrogens is 234 g/mol. The largest absolute Gasteiger partial charge is 0.385 e. The van der Waals surface area contributed by atoms with Crippen molar-refractivity contribution in [1.29, 1.82) is 0 Å². The number of hydrogen-bond donors (Lipinski definition) is 1. The van der Waals surface area contributed by atoms with Crippen LogP contribution in [0.1, 0.15) is 30.3 Å². The van der Waals surface area contributed by atoms with Crippen LogP contribution in [0.15, 0.2) is 18.2 Å². The molecule has 0 bridgehead atoms. The average molecular weight is 255 g/mol. The highest BCUT2D eigenvalue weighted by molar-refractivity contribution is 5.72. The Morgan fingerprint density at radius 3 is 2.89 bits per heavy atom. The highest BCUT2D eigenvalue weighted by Gasteiger charge is 2.15. The Morgan fingerprint density at radius 2 is 2.16 bits per heavy atom. The van der Waals surface area contributed by atoms with Crippen LogP contribution in [0.3, 0.4) is 0 Å². The summed E-state index contributed by atoms with van der Waals surface area (Å²) < 4.78 is 2.09. The fourth-order valence-corrected chi connectivity index (χ4v) is 3.05. The second-order valence-corrected chi connectivity index (χ2v) is 5.26. The molecule has 100 valence electrons. The molecule has 0 fully saturated rings. The summed E-state index contributed by atoms with van der Waals surface area (Å²) in [6.07, 6.45) is 2.40. The Hall–Kier alpha value is -1.77. The molecule has 3 heteroatoms. The lowest BCUT2D eigenvalue weighted by Gasteiger charge is -2.18. The number of fused-ring (bicyclic) bond motifs is 1. The normalized spacial score (nSPS) is 14.1. The van der Waals surface area contributed by atoms with Gasteiger partial charge in [0, 0.05) is 30.0 Å². The Morgan fingerprint density at radius 1 is 1.32 bits per heavy atom. The van der Waals surface area contributed by atoms with E-state index in [9.17, 15) is 0 Å². The fraction of sp³-hybridized carbons (Fsp3) is 0.438. The van der Waals surface area contributed by atoms with Gasteiger partial charge in [0.25, 0.3) is 0 Å². The molecule has 0 unspecified atom stereocenters. The lowest BCUT2D eigenvalue weighted by Crippen LogP contribution is -2.11. The minimum absolute atomic E-state index is 0.930. The number of nitrogens with one attached hydrogen (secondary N) is 1. The van der Waals surface area contributed by atoms with Gasteiger partial charge in [-0.05, 0) is 56.9 Å². The van der Waals surface area contributed by atoms with Gasteiger partial charge < -0.3 is 5.32 Å². The SMILES string of the molecule is CCn1nc(C)c(-c2ccc3c(c2)CCCN3)c1C. The first kappa shape index (κ1) is 12.3. The molecule has 1 N–H and O–H groups in total. The molecule has 0 spiro atoms. The predicted octanol–water partition coefficient (Wildman–Crippen LogP) is 3.54. The number of rotatable bonds is 2. The molecule has 1 aromatic carbocycles. The van der Waals surface area contributed by atoms with Crippen LogP contribution in [-0.2, 0) is 13.0 Å². The van der Waals surface area contributed by atoms with Crippen LogP contribution in [0.5, 0.6) is 0 Å². The van der Waals surface area contributed by atoms with Crippen molar-refractivity contribution < 1.29 is 0 Å². The van der Waals surface area contributed by atoms with Gasteiger partial charge in [-0.1, -0.05) is 6.07 Å². The monoisotopic (exact) mass is 255 g/mol. The second kappa shape index (κ2) is 4.72. The number of benzene rings is 1. The fourth-order valence-electron chi connectivity index (χ4n) is 3.05. The van der Waals surface area contributed by atoms with Gasteiger partial charge >= 0.3 is 0 Å². The van der Waals surface area contributed by atoms with Crippen LogP contribution in [0.4, 0.5) is 5.69 Å². The number of anilines is 1. The van der Waals surface area contributed by atoms with Crippen molar-refractivity contribution in [2.45, 2.75) is 40.2 Å². The van der Waals surface area contributed by atoms with E-state index in [1.807, 2.05) is 0 Å². The molecule has 2 aromatic rings. The van der Waals surface area contributed by atoms with Gasteiger partial charge in [0.15, 0.2) is 0 Å². The molecular formula is C16H21N3. The summed E-state index contributed by atoms with van der Waals surface area (Å²) in [5.41, 5.74) is 7.74. The van der Waals surface area contributed by atoms with Gasteiger partial charge in [-0.15, -0.1) is 0 Å². The molecule has 1 aromatic heterocycles. The summed E-state index contributed by atoms with van der Waals surface area (Å²) in [6.45, 7) is 8.43. The van der Waals surface area contributed by atoms with E-state index in [0.29, 0.717) is 0 Å². The zero-order valence-electron chi connectivity index (χ0n) is 12.0. The van der Waals surface area contributed by atoms with Crippen molar-refractivity contribution >= 4 is 5.69 Å². The van der Waals surface area contributed by atoms with Gasteiger partial charge in [0.2, 0.25) is 0 Å². The molecule has 0 saturated heterocycles. The number of nitrogens with zero attached hydrogens (tertiary/aromatic N) is 2. The number of hydrogen-bond acceptors (Lipinski definition) is 2. The van der Waals surface area contributed by atoms with Crippen LogP contribution in [0.25, 0.3) is 11.1 Å². The number of aromatic nitrogens is 2. The van der Waals surface area contributed by atoms with Crippen molar-refractivity contribution in [2.24, 2.45) is 0 Å². The van der Waals surface area contributed by atoms with Crippen molar-refractivity contribution in [3.63, 3.8) is 0 Å². The Kier molecular flexibility index (Phi) is 3.05. The van der Waals surface area contributed by atoms with E-state index < -0.39 is 0 Å². The third-order valence-electron chi connectivity index (χ3n) is 4.01. The van der Waals surface area contributed by atoms with Gasteiger partial charge in [-0.2, -0.15) is 5.10 Å². The zero-order chi connectivity index (χ0) is 13.4. The summed E-state index contributed by atoms with van der Waals surface area (Å²) in [5, 5.41) is 8.08. The van der Waals surface area contributed by atoms with Crippen LogP contribution < -0.4 is 5.32 Å². The zero-order valence-corrected chi connectivity index (χ0v) is 12.0. The topological polar surface area (TPSA) is 29.9 Å². The molecule has 0 atom stereocenters. The van der Waals surface area contributed by atoms with Crippen LogP contribution >= 0.6 is 0 Å². The molecule has 0 saturated carbocycles. The molecule has 0 aliphatic carbocycles. The van der Waals surface area contributed by atoms with Crippen molar-refractivity contribution in [2.75, 3.05) is 11.9 Å². The Labute approximate surface area is 114 Å². The molecule has 19 heavy (non-hydrogen) atoms. The first-order valence-electron chi connectivity index (χ1n) is 7.12. The average Bonchev–Trinajstić information content (AvgIpc) is 2.73. The van der Waals surface area contributed by atoms with Crippen molar-refractivity contribution in [3.8, 4) is 11.1 Å². The minimum Gasteiger partial charge on any atom is -0.385 e. The summed E-state index contributed by atoms with van der Waals surface area (Å²) in [6, 6.07) is 6.76. The van der Waals surface area contributed by atoms with Gasteiger partial charge in [-0.3, -0.25) is 4.68 Å². The first-order chi connectivity index (χ1) is 9.20. The van der Waals surface area contributed by atoms with E-state index in [-0.39, 0.29) is 0 Å². The van der Waals surface area contributed by atoms with E-state index >= 15 is 0 Å². The summed E-state index contributed by atoms with van der Waals surface area (Å²) >= 11 is 0. The predicted molar refractivity (Wildman–Crippen MR) is 79.6 cm³/mol. The van der Waals surface area contributed by atoms with E-state index in [1.165, 1.54) is 40.9 Å². The van der Waals surface area contributed by atoms with Crippen LogP contribution in [0.2, 0.25) is 0 Å². The molecule has 3 nitrogen and oxygen atoms in total. The molecule has 3 rings (SSSR count). The summed E-state index contributed by atoms with van der Waals surface area (Å²) in [4.78, 5) is 0. The Bertz CT molecular complexity index is 611. The lowest BCUT2D eigenvalue weighted by atomic mass is 9.96. The maximum Gasteiger partial charge on any atom is 0.0674 e. The highest BCUT2D eigenvalue weighted by Crippen LogP contribution is 2.31. The van der Waals surface area contributed by atoms with Crippen LogP contribution in [-0.4, -0.2) is 16.3 Å². The first-order valence-corrected chi connectivity index (χ1v) is 7.12. The molecule has 2 heterocycles. The molecule has 0 amide bonds. The maximum atomic E-state index is 4.62. The van der Waals surface area contributed by atoms with Crippen molar-refractivity contribution in [3.05, 3.63) is 35.2 Å². The highest BCUT2D eigenvalue weighted by atomic mass is 15.3. The van der Waals surface area contributed by atoms with E-state index in [4.69, 9.17) is 0 Å². The molecule has 1 aliphatic rings. The Balaban J connectivity index is 2.09. The van der Waals surface area contributed by atoms with Gasteiger partial charge in [0.05, 0.1) is 5.69 Å². The van der Waals surface area contributed by atoms with Crippen molar-refractivity contribution in [1.82, 2.24) is 9.78 Å². The summed E-state index contributed by atoms with van der Waals surface area (Å²) in [5.74, 6) is 0. The maximum absolute atomic E-state index is 4.62. The quantitative estimate of drug-likeness (QED) is 0.889. The number of aryl methyl sites for hydroxylation is 3. The third kappa shape index (κ3) is 2.03. The lowest BCUT2D eigenvalue weighted by molar-refractivity contribution is 0.634. The van der Waals surface area contributed by atoms with Gasteiger partial charge in [0.1, 0.15) is 0 Å². The third-order valence-corrected chi connectivity index (χ3v) is 4.01. The van der Waals surface area contributed by atoms with Gasteiger partial charge in [-0.25, -0.2) is 0 Å². The smallest absolute Gasteiger partial charge is 0.0674 e. The molecule has 0 radical (unpaired) electrons.